The van der Waals surface area contributed by atoms with Crippen LogP contribution in [0.2, 0.25) is 0 Å². The minimum atomic E-state index is -0.729. The molecule has 5 rings (SSSR count). The Hall–Kier alpha value is -3.23. The Morgan fingerprint density at radius 1 is 1.10 bits per heavy atom. The number of fused-ring (bicyclic) bond motifs is 2. The number of nitrogens with zero attached hydrogens (tertiary/aromatic N) is 1. The van der Waals surface area contributed by atoms with E-state index >= 15 is 0 Å². The van der Waals surface area contributed by atoms with Crippen LogP contribution in [0.25, 0.3) is 11.0 Å². The van der Waals surface area contributed by atoms with E-state index in [4.69, 9.17) is 4.42 Å². The summed E-state index contributed by atoms with van der Waals surface area (Å²) in [6, 6.07) is 17.3. The molecule has 1 aliphatic heterocycles. The molecule has 2 aromatic carbocycles. The highest BCUT2D eigenvalue weighted by molar-refractivity contribution is 9.10. The average Bonchev–Trinajstić information content (AvgIpc) is 3.24. The summed E-state index contributed by atoms with van der Waals surface area (Å²) < 4.78 is 6.19. The maximum Gasteiger partial charge on any atom is 0.349 e. The molecular weight excluding hydrogens is 480 g/mol. The lowest BCUT2D eigenvalue weighted by atomic mass is 10.0. The van der Waals surface area contributed by atoms with E-state index in [1.165, 1.54) is 22.3 Å². The number of para-hydroxylation sites is 1. The number of benzene rings is 2. The molecule has 0 saturated carbocycles. The summed E-state index contributed by atoms with van der Waals surface area (Å²) in [5.41, 5.74) is 0.967. The fraction of sp³-hybridized carbons (Fsp3) is 0.0870. The fourth-order valence-electron chi connectivity index (χ4n) is 3.79. The van der Waals surface area contributed by atoms with Gasteiger partial charge in [0.05, 0.1) is 6.04 Å². The van der Waals surface area contributed by atoms with Gasteiger partial charge in [0.2, 0.25) is 5.91 Å². The lowest BCUT2D eigenvalue weighted by Crippen LogP contribution is -2.40. The van der Waals surface area contributed by atoms with Crippen molar-refractivity contribution >= 4 is 55.7 Å². The molecule has 0 spiro atoms. The predicted octanol–water partition coefficient (Wildman–Crippen LogP) is 4.80. The first-order chi connectivity index (χ1) is 15.0. The zero-order chi connectivity index (χ0) is 21.5. The quantitative estimate of drug-likeness (QED) is 0.406. The van der Waals surface area contributed by atoms with Crippen LogP contribution < -0.4 is 10.9 Å². The van der Waals surface area contributed by atoms with Gasteiger partial charge in [0.15, 0.2) is 0 Å². The van der Waals surface area contributed by atoms with E-state index in [2.05, 4.69) is 21.2 Å². The van der Waals surface area contributed by atoms with Gasteiger partial charge < -0.3 is 14.6 Å². The average molecular weight is 495 g/mol. The smallest absolute Gasteiger partial charge is 0.349 e. The molecular formula is C23H15BrN2O4S. The normalized spacial score (nSPS) is 16.0. The number of carbonyl (C=O) groups is 2. The molecule has 1 aliphatic rings. The second kappa shape index (κ2) is 7.79. The number of anilines is 1. The van der Waals surface area contributed by atoms with Crippen LogP contribution in [0.15, 0.2) is 79.7 Å². The van der Waals surface area contributed by atoms with Crippen molar-refractivity contribution in [2.24, 2.45) is 0 Å². The van der Waals surface area contributed by atoms with Crippen molar-refractivity contribution in [1.29, 1.82) is 0 Å². The van der Waals surface area contributed by atoms with Crippen molar-refractivity contribution in [2.45, 2.75) is 6.04 Å². The molecule has 0 bridgehead atoms. The number of nitrogens with one attached hydrogen (secondary N) is 1. The maximum absolute atomic E-state index is 13.6. The van der Waals surface area contributed by atoms with Crippen LogP contribution in [0, 0.1) is 0 Å². The van der Waals surface area contributed by atoms with E-state index in [0.29, 0.717) is 16.7 Å². The Morgan fingerprint density at radius 3 is 2.74 bits per heavy atom. The van der Waals surface area contributed by atoms with Gasteiger partial charge in [-0.15, -0.1) is 11.3 Å². The van der Waals surface area contributed by atoms with Crippen LogP contribution in [0.3, 0.4) is 0 Å². The minimum absolute atomic E-state index is 0.105. The van der Waals surface area contributed by atoms with Gasteiger partial charge in [-0.1, -0.05) is 40.2 Å². The van der Waals surface area contributed by atoms with E-state index in [1.54, 1.807) is 30.3 Å². The first kappa shape index (κ1) is 19.7. The largest absolute Gasteiger partial charge is 0.422 e. The molecule has 0 fully saturated rings. The van der Waals surface area contributed by atoms with Gasteiger partial charge in [0, 0.05) is 26.0 Å². The van der Waals surface area contributed by atoms with Gasteiger partial charge in [-0.3, -0.25) is 9.59 Å². The Kier molecular flexibility index (Phi) is 4.95. The lowest BCUT2D eigenvalue weighted by Gasteiger charge is -2.29. The molecule has 3 heterocycles. The summed E-state index contributed by atoms with van der Waals surface area (Å²) >= 11 is 4.97. The van der Waals surface area contributed by atoms with Gasteiger partial charge in [0.25, 0.3) is 5.91 Å². The molecule has 1 unspecified atom stereocenters. The Labute approximate surface area is 189 Å². The van der Waals surface area contributed by atoms with E-state index in [-0.39, 0.29) is 18.0 Å². The lowest BCUT2D eigenvalue weighted by molar-refractivity contribution is -0.117. The summed E-state index contributed by atoms with van der Waals surface area (Å²) in [5.74, 6) is -0.887. The van der Waals surface area contributed by atoms with Crippen LogP contribution >= 0.6 is 27.3 Å². The van der Waals surface area contributed by atoms with Crippen molar-refractivity contribution in [3.8, 4) is 0 Å². The topological polar surface area (TPSA) is 79.6 Å². The van der Waals surface area contributed by atoms with Crippen LogP contribution in [0.1, 0.15) is 26.8 Å². The Bertz CT molecular complexity index is 1380. The van der Waals surface area contributed by atoms with Crippen molar-refractivity contribution in [3.63, 3.8) is 0 Å². The maximum atomic E-state index is 13.6. The molecule has 8 heteroatoms. The third-order valence-electron chi connectivity index (χ3n) is 5.15. The molecule has 2 aromatic heterocycles. The molecule has 6 nitrogen and oxygen atoms in total. The van der Waals surface area contributed by atoms with E-state index in [9.17, 15) is 14.4 Å². The van der Waals surface area contributed by atoms with Crippen LogP contribution in [0.4, 0.5) is 5.69 Å². The number of hydrogen-bond acceptors (Lipinski definition) is 5. The standard InChI is InChI=1S/C23H15BrN2O4S/c24-14-7-8-17-15(11-14)21(19-6-3-9-31-19)26(12-20(27)25-17)22(28)16-10-13-4-1-2-5-18(13)30-23(16)29/h1-11,21H,12H2,(H,25,27). The molecule has 1 N–H and O–H groups in total. The van der Waals surface area contributed by atoms with Crippen molar-refractivity contribution in [3.05, 3.63) is 96.9 Å². The summed E-state index contributed by atoms with van der Waals surface area (Å²) in [6.07, 6.45) is 0. The van der Waals surface area contributed by atoms with Crippen molar-refractivity contribution < 1.29 is 14.0 Å². The molecule has 31 heavy (non-hydrogen) atoms. The summed E-state index contributed by atoms with van der Waals surface area (Å²) in [7, 11) is 0. The summed E-state index contributed by atoms with van der Waals surface area (Å²) in [4.78, 5) is 41.3. The van der Waals surface area contributed by atoms with Crippen LogP contribution in [-0.4, -0.2) is 23.3 Å². The molecule has 154 valence electrons. The van der Waals surface area contributed by atoms with Crippen LogP contribution in [-0.2, 0) is 4.79 Å². The molecule has 4 aromatic rings. The number of hydrogen-bond donors (Lipinski definition) is 1. The third-order valence-corrected chi connectivity index (χ3v) is 6.57. The Balaban J connectivity index is 1.69. The number of halogens is 1. The number of amides is 2. The number of carbonyl (C=O) groups excluding carboxylic acids is 2. The zero-order valence-electron chi connectivity index (χ0n) is 16.0. The first-order valence-corrected chi connectivity index (χ1v) is 11.1. The predicted molar refractivity (Wildman–Crippen MR) is 122 cm³/mol. The second-order valence-electron chi connectivity index (χ2n) is 7.12. The van der Waals surface area contributed by atoms with Gasteiger partial charge in [-0.2, -0.15) is 0 Å². The van der Waals surface area contributed by atoms with Crippen molar-refractivity contribution in [2.75, 3.05) is 11.9 Å². The molecule has 0 saturated heterocycles. The third kappa shape index (κ3) is 3.58. The SMILES string of the molecule is O=C1CN(C(=O)c2cc3ccccc3oc2=O)C(c2cccs2)c2cc(Br)ccc2N1. The first-order valence-electron chi connectivity index (χ1n) is 9.48. The highest BCUT2D eigenvalue weighted by Gasteiger charge is 2.35. The minimum Gasteiger partial charge on any atom is -0.422 e. The fourth-order valence-corrected chi connectivity index (χ4v) is 5.02. The van der Waals surface area contributed by atoms with Gasteiger partial charge in [0.1, 0.15) is 17.7 Å². The highest BCUT2D eigenvalue weighted by Crippen LogP contribution is 2.39. The number of rotatable bonds is 2. The Morgan fingerprint density at radius 2 is 1.94 bits per heavy atom. The van der Waals surface area contributed by atoms with E-state index in [0.717, 1.165) is 14.9 Å². The van der Waals surface area contributed by atoms with Crippen LogP contribution in [0.5, 0.6) is 0 Å². The molecule has 1 atom stereocenters. The summed E-state index contributed by atoms with van der Waals surface area (Å²) in [6.45, 7) is -0.194. The van der Waals surface area contributed by atoms with E-state index < -0.39 is 17.6 Å². The monoisotopic (exact) mass is 494 g/mol. The van der Waals surface area contributed by atoms with Gasteiger partial charge in [-0.05, 0) is 41.8 Å². The van der Waals surface area contributed by atoms with Crippen molar-refractivity contribution in [1.82, 2.24) is 4.90 Å². The second-order valence-corrected chi connectivity index (χ2v) is 9.01. The summed E-state index contributed by atoms with van der Waals surface area (Å²) in [5, 5.41) is 5.43. The molecule has 0 radical (unpaired) electrons. The zero-order valence-corrected chi connectivity index (χ0v) is 18.4. The van der Waals surface area contributed by atoms with Gasteiger partial charge >= 0.3 is 5.63 Å². The molecule has 0 aliphatic carbocycles. The molecule has 2 amide bonds. The number of thiophene rings is 1. The van der Waals surface area contributed by atoms with Gasteiger partial charge in [-0.25, -0.2) is 4.79 Å². The highest BCUT2D eigenvalue weighted by atomic mass is 79.9. The van der Waals surface area contributed by atoms with E-state index in [1.807, 2.05) is 29.6 Å².